The molecule has 2 rings (SSSR count). The maximum Gasteiger partial charge on any atom is 0.272 e. The van der Waals surface area contributed by atoms with E-state index in [0.717, 1.165) is 0 Å². The zero-order valence-electron chi connectivity index (χ0n) is 11.7. The number of hydrogen-bond acceptors (Lipinski definition) is 5. The molecule has 112 valence electrons. The van der Waals surface area contributed by atoms with Crippen LogP contribution in [0, 0.1) is 11.8 Å². The highest BCUT2D eigenvalue weighted by atomic mass is 32.2. The summed E-state index contributed by atoms with van der Waals surface area (Å²) in [4.78, 5) is 17.8. The first-order valence-corrected chi connectivity index (χ1v) is 8.37. The monoisotopic (exact) mass is 307 g/mol. The zero-order chi connectivity index (χ0) is 15.5. The first-order chi connectivity index (χ1) is 9.93. The van der Waals surface area contributed by atoms with Gasteiger partial charge in [0.1, 0.15) is 5.69 Å². The second kappa shape index (κ2) is 6.24. The molecule has 0 aliphatic carbocycles. The van der Waals surface area contributed by atoms with Crippen molar-refractivity contribution in [2.24, 2.45) is 5.73 Å². The molecule has 7 heteroatoms. The van der Waals surface area contributed by atoms with Crippen LogP contribution in [0.15, 0.2) is 18.3 Å². The van der Waals surface area contributed by atoms with Crippen LogP contribution in [0.1, 0.15) is 22.5 Å². The Bertz CT molecular complexity index is 686. The van der Waals surface area contributed by atoms with Crippen molar-refractivity contribution in [3.63, 3.8) is 0 Å². The van der Waals surface area contributed by atoms with Crippen molar-refractivity contribution in [1.82, 2.24) is 9.88 Å². The molecule has 1 amide bonds. The van der Waals surface area contributed by atoms with Crippen molar-refractivity contribution in [2.45, 2.75) is 12.5 Å². The van der Waals surface area contributed by atoms with E-state index in [9.17, 15) is 13.2 Å². The number of nitrogens with zero attached hydrogens (tertiary/aromatic N) is 2. The molecule has 2 heterocycles. The molecular formula is C14H17N3O3S. The van der Waals surface area contributed by atoms with Gasteiger partial charge in [-0.2, -0.15) is 0 Å². The smallest absolute Gasteiger partial charge is 0.272 e. The van der Waals surface area contributed by atoms with E-state index in [-0.39, 0.29) is 35.7 Å². The molecule has 2 N–H and O–H groups in total. The fourth-order valence-corrected chi connectivity index (χ4v) is 3.95. The van der Waals surface area contributed by atoms with Gasteiger partial charge >= 0.3 is 0 Å². The second-order valence-electron chi connectivity index (χ2n) is 4.91. The van der Waals surface area contributed by atoms with E-state index in [1.54, 1.807) is 19.2 Å². The topological polar surface area (TPSA) is 93.4 Å². The van der Waals surface area contributed by atoms with Crippen LogP contribution in [0.3, 0.4) is 0 Å². The van der Waals surface area contributed by atoms with Crippen molar-refractivity contribution in [3.05, 3.63) is 29.6 Å². The fraction of sp³-hybridized carbons (Fsp3) is 0.429. The number of rotatable bonds is 2. The number of pyridine rings is 1. The van der Waals surface area contributed by atoms with Gasteiger partial charge in [0.25, 0.3) is 5.91 Å². The lowest BCUT2D eigenvalue weighted by molar-refractivity contribution is 0.0742. The van der Waals surface area contributed by atoms with Gasteiger partial charge in [-0.05, 0) is 18.6 Å². The molecule has 6 nitrogen and oxygen atoms in total. The Hall–Kier alpha value is -1.91. The summed E-state index contributed by atoms with van der Waals surface area (Å²) in [6.45, 7) is 0.263. The predicted octanol–water partition coefficient (Wildman–Crippen LogP) is -0.349. The van der Waals surface area contributed by atoms with Crippen LogP contribution in [0.25, 0.3) is 0 Å². The minimum atomic E-state index is -3.02. The fourth-order valence-electron chi connectivity index (χ4n) is 2.17. The first-order valence-electron chi connectivity index (χ1n) is 6.55. The molecule has 1 aromatic heterocycles. The van der Waals surface area contributed by atoms with Gasteiger partial charge in [0.05, 0.1) is 18.1 Å². The van der Waals surface area contributed by atoms with Crippen molar-refractivity contribution in [3.8, 4) is 11.8 Å². The lowest BCUT2D eigenvalue weighted by Gasteiger charge is -2.22. The number of hydrogen-bond donors (Lipinski definition) is 1. The van der Waals surface area contributed by atoms with Crippen LogP contribution < -0.4 is 5.73 Å². The van der Waals surface area contributed by atoms with Crippen molar-refractivity contribution >= 4 is 15.7 Å². The maximum atomic E-state index is 12.3. The Balaban J connectivity index is 2.09. The number of carbonyl (C=O) groups is 1. The Morgan fingerprint density at radius 2 is 2.29 bits per heavy atom. The molecule has 1 aromatic rings. The summed E-state index contributed by atoms with van der Waals surface area (Å²) >= 11 is 0. The van der Waals surface area contributed by atoms with Crippen LogP contribution in [-0.4, -0.2) is 55.3 Å². The van der Waals surface area contributed by atoms with Crippen molar-refractivity contribution < 1.29 is 13.2 Å². The quantitative estimate of drug-likeness (QED) is 0.754. The molecule has 1 fully saturated rings. The molecule has 21 heavy (non-hydrogen) atoms. The molecule has 1 aliphatic heterocycles. The molecule has 0 radical (unpaired) electrons. The highest BCUT2D eigenvalue weighted by molar-refractivity contribution is 7.91. The van der Waals surface area contributed by atoms with Crippen molar-refractivity contribution in [1.29, 1.82) is 0 Å². The average molecular weight is 307 g/mol. The summed E-state index contributed by atoms with van der Waals surface area (Å²) < 4.78 is 22.9. The summed E-state index contributed by atoms with van der Waals surface area (Å²) in [7, 11) is -1.41. The van der Waals surface area contributed by atoms with E-state index >= 15 is 0 Å². The highest BCUT2D eigenvalue weighted by Crippen LogP contribution is 2.18. The predicted molar refractivity (Wildman–Crippen MR) is 79.3 cm³/mol. The highest BCUT2D eigenvalue weighted by Gasteiger charge is 2.33. The van der Waals surface area contributed by atoms with Gasteiger partial charge in [-0.25, -0.2) is 13.4 Å². The Morgan fingerprint density at radius 3 is 2.81 bits per heavy atom. The van der Waals surface area contributed by atoms with Crippen LogP contribution in [0.5, 0.6) is 0 Å². The van der Waals surface area contributed by atoms with E-state index in [4.69, 9.17) is 5.73 Å². The Kier molecular flexibility index (Phi) is 4.60. The van der Waals surface area contributed by atoms with Gasteiger partial charge in [0.2, 0.25) is 0 Å². The standard InChI is InChI=1S/C14H17N3O3S/c1-17(12-6-8-21(19,20)10-12)14(18)13-5-4-11(9-16-13)3-2-7-15/h4-5,9,12H,6-8,10,15H2,1H3. The molecule has 0 aromatic carbocycles. The lowest BCUT2D eigenvalue weighted by Crippen LogP contribution is -2.38. The number of carbonyl (C=O) groups excluding carboxylic acids is 1. The number of amides is 1. The molecular weight excluding hydrogens is 290 g/mol. The van der Waals surface area contributed by atoms with E-state index in [1.165, 1.54) is 11.1 Å². The van der Waals surface area contributed by atoms with Gasteiger partial charge in [-0.3, -0.25) is 4.79 Å². The summed E-state index contributed by atoms with van der Waals surface area (Å²) in [5.74, 6) is 5.41. The van der Waals surface area contributed by atoms with Gasteiger partial charge in [0.15, 0.2) is 9.84 Å². The van der Waals surface area contributed by atoms with E-state index < -0.39 is 9.84 Å². The third-order valence-electron chi connectivity index (χ3n) is 3.39. The van der Waals surface area contributed by atoms with Crippen LogP contribution in [-0.2, 0) is 9.84 Å². The zero-order valence-corrected chi connectivity index (χ0v) is 12.6. The largest absolute Gasteiger partial charge is 0.336 e. The van der Waals surface area contributed by atoms with Crippen LogP contribution in [0.2, 0.25) is 0 Å². The molecule has 1 atom stereocenters. The molecule has 1 saturated heterocycles. The summed E-state index contributed by atoms with van der Waals surface area (Å²) in [5, 5.41) is 0. The van der Waals surface area contributed by atoms with Crippen LogP contribution in [0.4, 0.5) is 0 Å². The minimum Gasteiger partial charge on any atom is -0.336 e. The maximum absolute atomic E-state index is 12.3. The molecule has 0 saturated carbocycles. The number of nitrogens with two attached hydrogens (primary N) is 1. The Labute approximate surface area is 124 Å². The summed E-state index contributed by atoms with van der Waals surface area (Å²) in [5.41, 5.74) is 6.24. The number of sulfone groups is 1. The molecule has 0 bridgehead atoms. The third kappa shape index (κ3) is 3.80. The van der Waals surface area contributed by atoms with Gasteiger partial charge in [-0.1, -0.05) is 11.8 Å². The Morgan fingerprint density at radius 1 is 1.52 bits per heavy atom. The van der Waals surface area contributed by atoms with E-state index in [1.807, 2.05) is 0 Å². The first kappa shape index (κ1) is 15.5. The molecule has 0 spiro atoms. The third-order valence-corrected chi connectivity index (χ3v) is 5.14. The summed E-state index contributed by atoms with van der Waals surface area (Å²) in [6, 6.07) is 3.01. The van der Waals surface area contributed by atoms with Gasteiger partial charge in [0, 0.05) is 24.8 Å². The minimum absolute atomic E-state index is 0.0231. The molecule has 1 unspecified atom stereocenters. The van der Waals surface area contributed by atoms with Crippen molar-refractivity contribution in [2.75, 3.05) is 25.1 Å². The van der Waals surface area contributed by atoms with Gasteiger partial charge in [-0.15, -0.1) is 0 Å². The SMILES string of the molecule is CN(C(=O)c1ccc(C#CCN)cn1)C1CCS(=O)(=O)C1. The average Bonchev–Trinajstić information content (AvgIpc) is 2.84. The normalized spacial score (nSPS) is 19.6. The number of aromatic nitrogens is 1. The second-order valence-corrected chi connectivity index (χ2v) is 7.14. The molecule has 1 aliphatic rings. The van der Waals surface area contributed by atoms with Gasteiger partial charge < -0.3 is 10.6 Å². The van der Waals surface area contributed by atoms with E-state index in [2.05, 4.69) is 16.8 Å². The lowest BCUT2D eigenvalue weighted by atomic mass is 10.2. The van der Waals surface area contributed by atoms with E-state index in [0.29, 0.717) is 12.0 Å². The van der Waals surface area contributed by atoms with Crippen LogP contribution >= 0.6 is 0 Å². The summed E-state index contributed by atoms with van der Waals surface area (Å²) in [6.07, 6.45) is 1.99.